The van der Waals surface area contributed by atoms with Gasteiger partial charge in [-0.2, -0.15) is 0 Å². The van der Waals surface area contributed by atoms with E-state index in [0.29, 0.717) is 0 Å². The molecule has 0 amide bonds. The Hall–Kier alpha value is -0.770. The van der Waals surface area contributed by atoms with Gasteiger partial charge in [-0.3, -0.25) is 0 Å². The Kier molecular flexibility index (Phi) is 8.77. The molecule has 2 aromatic carbocycles. The summed E-state index contributed by atoms with van der Waals surface area (Å²) in [5.74, 6) is 0. The molecule has 0 unspecified atom stereocenters. The van der Waals surface area contributed by atoms with Crippen molar-refractivity contribution >= 4 is 28.1 Å². The monoisotopic (exact) mass is 620 g/mol. The van der Waals surface area contributed by atoms with Crippen molar-refractivity contribution in [3.05, 3.63) is 57.6 Å². The van der Waals surface area contributed by atoms with Crippen molar-refractivity contribution in [1.29, 1.82) is 0 Å². The van der Waals surface area contributed by atoms with Crippen molar-refractivity contribution in [2.24, 2.45) is 0 Å². The van der Waals surface area contributed by atoms with Crippen LogP contribution in [-0.4, -0.2) is 20.9 Å². The number of hydrogen-bond acceptors (Lipinski definition) is 0. The van der Waals surface area contributed by atoms with Crippen LogP contribution in [0.25, 0.3) is 0 Å². The standard InChI is InChI=1S/C36H58Te/c1-31(2,3)23-19-25(33(7,8)9)29(26(20-23)34(10,11)12)37-30-27(35(13,14)15)21-24(32(4,5)6)22-28(30)36(16,17)18/h19-22H,1-18H3. The van der Waals surface area contributed by atoms with Crippen LogP contribution in [0.2, 0.25) is 0 Å². The predicted molar refractivity (Wildman–Crippen MR) is 170 cm³/mol. The minimum atomic E-state index is -0.675. The normalized spacial score (nSPS) is 14.3. The third-order valence-corrected chi connectivity index (χ3v) is 11.0. The molecule has 0 aliphatic heterocycles. The van der Waals surface area contributed by atoms with Gasteiger partial charge in [-0.25, -0.2) is 0 Å². The second-order valence-corrected chi connectivity index (χ2v) is 20.3. The Balaban J connectivity index is 3.12. The first-order valence-corrected chi connectivity index (χ1v) is 16.5. The van der Waals surface area contributed by atoms with Crippen LogP contribution in [0.5, 0.6) is 0 Å². The van der Waals surface area contributed by atoms with Crippen molar-refractivity contribution in [1.82, 2.24) is 0 Å². The molecular weight excluding hydrogens is 560 g/mol. The summed E-state index contributed by atoms with van der Waals surface area (Å²) in [5, 5.41) is 0. The molecule has 0 aliphatic carbocycles. The zero-order valence-electron chi connectivity index (χ0n) is 27.7. The molecule has 0 saturated heterocycles. The summed E-state index contributed by atoms with van der Waals surface area (Å²) >= 11 is -0.675. The summed E-state index contributed by atoms with van der Waals surface area (Å²) in [4.78, 5) is 0. The summed E-state index contributed by atoms with van der Waals surface area (Å²) < 4.78 is 3.33. The van der Waals surface area contributed by atoms with Gasteiger partial charge < -0.3 is 0 Å². The van der Waals surface area contributed by atoms with Crippen molar-refractivity contribution in [2.75, 3.05) is 0 Å². The fourth-order valence-corrected chi connectivity index (χ4v) is 10.7. The second kappa shape index (κ2) is 10.0. The van der Waals surface area contributed by atoms with Gasteiger partial charge in [-0.05, 0) is 0 Å². The zero-order chi connectivity index (χ0) is 29.2. The Labute approximate surface area is 241 Å². The summed E-state index contributed by atoms with van der Waals surface area (Å²) in [6, 6.07) is 10.2. The molecule has 0 spiro atoms. The predicted octanol–water partition coefficient (Wildman–Crippen LogP) is 9.13. The Morgan fingerprint density at radius 3 is 0.649 bits per heavy atom. The molecule has 37 heavy (non-hydrogen) atoms. The van der Waals surface area contributed by atoms with Crippen LogP contribution >= 0.6 is 0 Å². The first-order chi connectivity index (χ1) is 16.1. The van der Waals surface area contributed by atoms with Crippen LogP contribution in [0.3, 0.4) is 0 Å². The number of rotatable bonds is 2. The minimum absolute atomic E-state index is 0.0937. The number of hydrogen-bond donors (Lipinski definition) is 0. The zero-order valence-corrected chi connectivity index (χ0v) is 30.0. The topological polar surface area (TPSA) is 0 Å². The van der Waals surface area contributed by atoms with Gasteiger partial charge in [-0.15, -0.1) is 0 Å². The molecule has 0 fully saturated rings. The van der Waals surface area contributed by atoms with Crippen LogP contribution in [0, 0.1) is 0 Å². The fraction of sp³-hybridized carbons (Fsp3) is 0.667. The molecule has 1 heteroatoms. The van der Waals surface area contributed by atoms with E-state index in [1.165, 1.54) is 11.1 Å². The molecule has 2 rings (SSSR count). The van der Waals surface area contributed by atoms with E-state index < -0.39 is 20.9 Å². The van der Waals surface area contributed by atoms with E-state index in [9.17, 15) is 0 Å². The van der Waals surface area contributed by atoms with Crippen molar-refractivity contribution in [3.63, 3.8) is 0 Å². The van der Waals surface area contributed by atoms with E-state index in [0.717, 1.165) is 0 Å². The van der Waals surface area contributed by atoms with E-state index in [-0.39, 0.29) is 32.5 Å². The van der Waals surface area contributed by atoms with Gasteiger partial charge >= 0.3 is 243 Å². The van der Waals surface area contributed by atoms with E-state index in [1.807, 2.05) is 0 Å². The molecule has 2 aromatic rings. The Morgan fingerprint density at radius 2 is 0.514 bits per heavy atom. The van der Waals surface area contributed by atoms with E-state index >= 15 is 0 Å². The SMILES string of the molecule is CC(C)(C)c1cc(C(C)(C)C)c([Te]c2c(C(C)(C)C)cc(C(C)(C)C)cc2C(C)(C)C)c(C(C)(C)C)c1. The van der Waals surface area contributed by atoms with Gasteiger partial charge in [0.15, 0.2) is 0 Å². The van der Waals surface area contributed by atoms with Crippen LogP contribution < -0.4 is 7.22 Å². The van der Waals surface area contributed by atoms with Gasteiger partial charge in [0.1, 0.15) is 0 Å². The third-order valence-electron chi connectivity index (χ3n) is 7.35. The van der Waals surface area contributed by atoms with Crippen LogP contribution in [0.4, 0.5) is 0 Å². The molecular formula is C36H58Te. The summed E-state index contributed by atoms with van der Waals surface area (Å²) in [6.45, 7) is 43.1. The van der Waals surface area contributed by atoms with Crippen molar-refractivity contribution in [3.8, 4) is 0 Å². The first-order valence-electron chi connectivity index (χ1n) is 14.2. The van der Waals surface area contributed by atoms with Crippen LogP contribution in [0.1, 0.15) is 158 Å². The molecule has 0 aromatic heterocycles. The summed E-state index contributed by atoms with van der Waals surface area (Å²) in [7, 11) is 0. The molecule has 0 heterocycles. The van der Waals surface area contributed by atoms with Crippen LogP contribution in [0.15, 0.2) is 24.3 Å². The van der Waals surface area contributed by atoms with Gasteiger partial charge in [0.2, 0.25) is 0 Å². The molecule has 208 valence electrons. The Bertz CT molecular complexity index is 957. The van der Waals surface area contributed by atoms with Gasteiger partial charge in [0.25, 0.3) is 0 Å². The maximum atomic E-state index is 2.56. The Morgan fingerprint density at radius 1 is 0.324 bits per heavy atom. The summed E-state index contributed by atoms with van der Waals surface area (Å²) in [6.07, 6.45) is 0. The van der Waals surface area contributed by atoms with Gasteiger partial charge in [-0.1, -0.05) is 0 Å². The fourth-order valence-electron chi connectivity index (χ4n) is 4.67. The van der Waals surface area contributed by atoms with Gasteiger partial charge in [0, 0.05) is 0 Å². The molecule has 0 nitrogen and oxygen atoms in total. The second-order valence-electron chi connectivity index (χ2n) is 17.4. The molecule has 0 saturated carbocycles. The molecule has 0 radical (unpaired) electrons. The molecule has 0 bridgehead atoms. The first kappa shape index (κ1) is 32.4. The quantitative estimate of drug-likeness (QED) is 0.295. The average Bonchev–Trinajstić information content (AvgIpc) is 2.62. The van der Waals surface area contributed by atoms with Gasteiger partial charge in [0.05, 0.1) is 0 Å². The third kappa shape index (κ3) is 7.67. The average molecular weight is 618 g/mol. The van der Waals surface area contributed by atoms with E-state index in [1.54, 1.807) is 29.5 Å². The van der Waals surface area contributed by atoms with Crippen LogP contribution in [-0.2, 0) is 32.5 Å². The van der Waals surface area contributed by atoms with Crippen molar-refractivity contribution < 1.29 is 0 Å². The number of benzene rings is 2. The molecule has 0 atom stereocenters. The summed E-state index contributed by atoms with van der Waals surface area (Å²) in [5.41, 5.74) is 9.81. The van der Waals surface area contributed by atoms with Crippen molar-refractivity contribution in [2.45, 2.75) is 157 Å². The van der Waals surface area contributed by atoms with E-state index in [2.05, 4.69) is 149 Å². The van der Waals surface area contributed by atoms with E-state index in [4.69, 9.17) is 0 Å². The molecule has 0 aliphatic rings. The maximum absolute atomic E-state index is 2.56. The molecule has 0 N–H and O–H groups in total.